The van der Waals surface area contributed by atoms with Gasteiger partial charge < -0.3 is 15.0 Å². The predicted molar refractivity (Wildman–Crippen MR) is 96.3 cm³/mol. The number of carbonyl (C=O) groups excluding carboxylic acids is 2. The first-order valence-electron chi connectivity index (χ1n) is 7.65. The number of hydrogen-bond acceptors (Lipinski definition) is 4. The van der Waals surface area contributed by atoms with Gasteiger partial charge in [-0.1, -0.05) is 18.2 Å². The van der Waals surface area contributed by atoms with Crippen molar-refractivity contribution in [3.63, 3.8) is 0 Å². The van der Waals surface area contributed by atoms with Crippen molar-refractivity contribution in [2.24, 2.45) is 0 Å². The van der Waals surface area contributed by atoms with Crippen LogP contribution in [0.1, 0.15) is 21.7 Å². The van der Waals surface area contributed by atoms with E-state index in [1.54, 1.807) is 6.92 Å². The van der Waals surface area contributed by atoms with E-state index < -0.39 is 17.9 Å². The molecule has 3 N–H and O–H groups in total. The highest BCUT2D eigenvalue weighted by atomic mass is 79.9. The van der Waals surface area contributed by atoms with E-state index in [4.69, 9.17) is 4.74 Å². The van der Waals surface area contributed by atoms with Gasteiger partial charge in [0.15, 0.2) is 5.69 Å². The van der Waals surface area contributed by atoms with E-state index in [1.165, 1.54) is 7.11 Å². The van der Waals surface area contributed by atoms with E-state index in [2.05, 4.69) is 36.4 Å². The van der Waals surface area contributed by atoms with Crippen molar-refractivity contribution in [2.45, 2.75) is 19.4 Å². The van der Waals surface area contributed by atoms with Gasteiger partial charge in [-0.25, -0.2) is 4.79 Å². The van der Waals surface area contributed by atoms with E-state index >= 15 is 0 Å². The normalized spacial score (nSPS) is 12.1. The number of aryl methyl sites for hydroxylation is 1. The lowest BCUT2D eigenvalue weighted by Gasteiger charge is -2.15. The lowest BCUT2D eigenvalue weighted by atomic mass is 10.0. The number of para-hydroxylation sites is 1. The van der Waals surface area contributed by atoms with E-state index in [9.17, 15) is 9.59 Å². The van der Waals surface area contributed by atoms with E-state index in [1.807, 2.05) is 30.5 Å². The number of carbonyl (C=O) groups is 2. The molecular weight excluding hydrogens is 388 g/mol. The first-order valence-corrected chi connectivity index (χ1v) is 8.44. The van der Waals surface area contributed by atoms with Gasteiger partial charge in [0.1, 0.15) is 6.04 Å². The van der Waals surface area contributed by atoms with Crippen molar-refractivity contribution in [1.29, 1.82) is 0 Å². The van der Waals surface area contributed by atoms with Crippen molar-refractivity contribution < 1.29 is 14.3 Å². The van der Waals surface area contributed by atoms with Gasteiger partial charge in [-0.2, -0.15) is 5.10 Å². The molecule has 130 valence electrons. The molecule has 25 heavy (non-hydrogen) atoms. The molecule has 7 nitrogen and oxygen atoms in total. The summed E-state index contributed by atoms with van der Waals surface area (Å²) in [5.74, 6) is -0.964. The standard InChI is InChI=1S/C17H17BrN4O3/c1-9-14(18)15(22-21-9)16(23)20-13(17(24)25-2)7-10-8-19-12-6-4-3-5-11(10)12/h3-6,8,13,19H,7H2,1-2H3,(H,20,23)(H,21,22)/t13-/m1/s1. The first-order chi connectivity index (χ1) is 12.0. The smallest absolute Gasteiger partial charge is 0.328 e. The third-order valence-corrected chi connectivity index (χ3v) is 4.95. The maximum absolute atomic E-state index is 12.5. The quantitative estimate of drug-likeness (QED) is 0.568. The Morgan fingerprint density at radius 3 is 2.80 bits per heavy atom. The van der Waals surface area contributed by atoms with Crippen LogP contribution in [0.3, 0.4) is 0 Å². The van der Waals surface area contributed by atoms with Gasteiger partial charge in [0.05, 0.1) is 11.6 Å². The highest BCUT2D eigenvalue weighted by Gasteiger charge is 2.26. The molecule has 0 saturated carbocycles. The number of rotatable bonds is 5. The topological polar surface area (TPSA) is 99.9 Å². The molecule has 0 bridgehead atoms. The van der Waals surface area contributed by atoms with Crippen molar-refractivity contribution >= 4 is 38.7 Å². The van der Waals surface area contributed by atoms with Crippen LogP contribution in [-0.2, 0) is 16.0 Å². The monoisotopic (exact) mass is 404 g/mol. The number of benzene rings is 1. The van der Waals surface area contributed by atoms with Gasteiger partial charge in [-0.15, -0.1) is 0 Å². The van der Waals surface area contributed by atoms with Crippen molar-refractivity contribution in [1.82, 2.24) is 20.5 Å². The summed E-state index contributed by atoms with van der Waals surface area (Å²) < 4.78 is 5.41. The Kier molecular flexibility index (Phi) is 4.89. The predicted octanol–water partition coefficient (Wildman–Crippen LogP) is 2.48. The van der Waals surface area contributed by atoms with Crippen LogP contribution >= 0.6 is 15.9 Å². The van der Waals surface area contributed by atoms with Gasteiger partial charge >= 0.3 is 5.97 Å². The molecule has 0 unspecified atom stereocenters. The van der Waals surface area contributed by atoms with Crippen LogP contribution in [-0.4, -0.2) is 40.2 Å². The van der Waals surface area contributed by atoms with Crippen molar-refractivity contribution in [3.8, 4) is 0 Å². The van der Waals surface area contributed by atoms with Gasteiger partial charge in [0, 0.05) is 29.2 Å². The molecule has 0 aliphatic heterocycles. The molecular formula is C17H17BrN4O3. The van der Waals surface area contributed by atoms with Crippen molar-refractivity contribution in [3.05, 3.63) is 51.9 Å². The molecule has 0 saturated heterocycles. The Morgan fingerprint density at radius 1 is 1.36 bits per heavy atom. The second kappa shape index (κ2) is 7.10. The van der Waals surface area contributed by atoms with E-state index in [0.29, 0.717) is 10.9 Å². The summed E-state index contributed by atoms with van der Waals surface area (Å²) >= 11 is 3.31. The number of aromatic nitrogens is 3. The maximum Gasteiger partial charge on any atom is 0.328 e. The highest BCUT2D eigenvalue weighted by Crippen LogP contribution is 2.21. The molecule has 3 rings (SSSR count). The third kappa shape index (κ3) is 3.43. The summed E-state index contributed by atoms with van der Waals surface area (Å²) in [5.41, 5.74) is 2.82. The summed E-state index contributed by atoms with van der Waals surface area (Å²) in [6.45, 7) is 1.79. The highest BCUT2D eigenvalue weighted by molar-refractivity contribution is 9.10. The van der Waals surface area contributed by atoms with Crippen LogP contribution in [0.15, 0.2) is 34.9 Å². The zero-order chi connectivity index (χ0) is 18.0. The fraction of sp³-hybridized carbons (Fsp3) is 0.235. The number of amides is 1. The van der Waals surface area contributed by atoms with Gasteiger partial charge in [-0.3, -0.25) is 9.89 Å². The molecule has 2 heterocycles. The summed E-state index contributed by atoms with van der Waals surface area (Å²) in [6.07, 6.45) is 2.14. The van der Waals surface area contributed by atoms with E-state index in [0.717, 1.165) is 22.2 Å². The molecule has 1 atom stereocenters. The average molecular weight is 405 g/mol. The molecule has 0 fully saturated rings. The summed E-state index contributed by atoms with van der Waals surface area (Å²) in [5, 5.41) is 10.4. The first kappa shape index (κ1) is 17.2. The van der Waals surface area contributed by atoms with Gasteiger partial charge in [-0.05, 0) is 34.5 Å². The summed E-state index contributed by atoms with van der Waals surface area (Å²) in [6, 6.07) is 6.95. The molecule has 0 aliphatic rings. The number of hydrogen-bond donors (Lipinski definition) is 3. The number of nitrogens with zero attached hydrogens (tertiary/aromatic N) is 1. The zero-order valence-corrected chi connectivity index (χ0v) is 15.3. The van der Waals surface area contributed by atoms with Crippen LogP contribution in [0, 0.1) is 6.92 Å². The molecule has 2 aromatic heterocycles. The lowest BCUT2D eigenvalue weighted by molar-refractivity contribution is -0.142. The van der Waals surface area contributed by atoms with Crippen LogP contribution in [0.4, 0.5) is 0 Å². The van der Waals surface area contributed by atoms with Crippen LogP contribution in [0.2, 0.25) is 0 Å². The Hall–Kier alpha value is -2.61. The van der Waals surface area contributed by atoms with Gasteiger partial charge in [0.25, 0.3) is 5.91 Å². The summed E-state index contributed by atoms with van der Waals surface area (Å²) in [4.78, 5) is 27.8. The maximum atomic E-state index is 12.5. The Balaban J connectivity index is 1.84. The number of nitrogens with one attached hydrogen (secondary N) is 3. The van der Waals surface area contributed by atoms with E-state index in [-0.39, 0.29) is 5.69 Å². The number of H-pyrrole nitrogens is 2. The van der Waals surface area contributed by atoms with Crippen molar-refractivity contribution in [2.75, 3.05) is 7.11 Å². The fourth-order valence-corrected chi connectivity index (χ4v) is 3.01. The second-order valence-electron chi connectivity index (χ2n) is 5.62. The summed E-state index contributed by atoms with van der Waals surface area (Å²) in [7, 11) is 1.30. The number of halogens is 1. The molecule has 8 heteroatoms. The zero-order valence-electron chi connectivity index (χ0n) is 13.7. The molecule has 1 amide bonds. The Bertz CT molecular complexity index is 931. The minimum atomic E-state index is -0.819. The SMILES string of the molecule is COC(=O)[C@@H](Cc1c[nH]c2ccccc12)NC(=O)c1n[nH]c(C)c1Br. The second-order valence-corrected chi connectivity index (χ2v) is 6.42. The lowest BCUT2D eigenvalue weighted by Crippen LogP contribution is -2.43. The Labute approximate surface area is 152 Å². The third-order valence-electron chi connectivity index (χ3n) is 3.98. The molecule has 0 aliphatic carbocycles. The number of aromatic amines is 2. The number of esters is 1. The largest absolute Gasteiger partial charge is 0.467 e. The Morgan fingerprint density at radius 2 is 2.12 bits per heavy atom. The minimum Gasteiger partial charge on any atom is -0.467 e. The number of fused-ring (bicyclic) bond motifs is 1. The van der Waals surface area contributed by atoms with Crippen LogP contribution in [0.25, 0.3) is 10.9 Å². The number of ether oxygens (including phenoxy) is 1. The molecule has 0 radical (unpaired) electrons. The van der Waals surface area contributed by atoms with Crippen LogP contribution in [0.5, 0.6) is 0 Å². The molecule has 1 aromatic carbocycles. The molecule has 3 aromatic rings. The average Bonchev–Trinajstić information content (AvgIpc) is 3.18. The number of methoxy groups -OCH3 is 1. The van der Waals surface area contributed by atoms with Crippen LogP contribution < -0.4 is 5.32 Å². The minimum absolute atomic E-state index is 0.199. The molecule has 0 spiro atoms. The van der Waals surface area contributed by atoms with Gasteiger partial charge in [0.2, 0.25) is 0 Å². The fourth-order valence-electron chi connectivity index (χ4n) is 2.65.